The molecule has 2 aliphatic heterocycles. The van der Waals surface area contributed by atoms with Crippen molar-refractivity contribution in [2.75, 3.05) is 19.6 Å². The summed E-state index contributed by atoms with van der Waals surface area (Å²) >= 11 is 0. The molecule has 3 aliphatic rings. The van der Waals surface area contributed by atoms with E-state index in [1.807, 2.05) is 24.3 Å². The van der Waals surface area contributed by atoms with E-state index in [1.165, 1.54) is 12.8 Å². The standard InChI is InChI=1S/C17H23N3O2/c21-15-8-11-4-1-2-6-13(11)16(15)19-17(22)14-10-20-7-3-5-12(20)9-18-14/h1-2,4,6,12,14-16,18,21H,3,5,7-10H2,(H,19,22)/t12-,14+,15+,16+/m1/s1. The highest BCUT2D eigenvalue weighted by Crippen LogP contribution is 2.31. The molecule has 3 N–H and O–H groups in total. The third-order valence-corrected chi connectivity index (χ3v) is 5.33. The van der Waals surface area contributed by atoms with E-state index < -0.39 is 6.10 Å². The summed E-state index contributed by atoms with van der Waals surface area (Å²) in [6.07, 6.45) is 2.56. The van der Waals surface area contributed by atoms with Gasteiger partial charge in [-0.15, -0.1) is 0 Å². The minimum absolute atomic E-state index is 0.00565. The van der Waals surface area contributed by atoms with Gasteiger partial charge < -0.3 is 15.7 Å². The third-order valence-electron chi connectivity index (χ3n) is 5.33. The molecule has 118 valence electrons. The van der Waals surface area contributed by atoms with Gasteiger partial charge in [0.1, 0.15) is 0 Å². The Morgan fingerprint density at radius 2 is 2.23 bits per heavy atom. The predicted molar refractivity (Wildman–Crippen MR) is 83.4 cm³/mol. The first-order valence-electron chi connectivity index (χ1n) is 8.26. The van der Waals surface area contributed by atoms with Crippen LogP contribution in [0.15, 0.2) is 24.3 Å². The van der Waals surface area contributed by atoms with Crippen molar-refractivity contribution >= 4 is 5.91 Å². The first-order valence-corrected chi connectivity index (χ1v) is 8.26. The third kappa shape index (κ3) is 2.43. The van der Waals surface area contributed by atoms with Gasteiger partial charge in [0.15, 0.2) is 0 Å². The molecule has 2 saturated heterocycles. The highest BCUT2D eigenvalue weighted by Gasteiger charge is 2.37. The maximum Gasteiger partial charge on any atom is 0.239 e. The number of carbonyl (C=O) groups is 1. The van der Waals surface area contributed by atoms with Crippen LogP contribution in [0.4, 0.5) is 0 Å². The number of amides is 1. The zero-order valence-electron chi connectivity index (χ0n) is 12.7. The molecule has 2 heterocycles. The van der Waals surface area contributed by atoms with Gasteiger partial charge >= 0.3 is 0 Å². The zero-order chi connectivity index (χ0) is 15.1. The summed E-state index contributed by atoms with van der Waals surface area (Å²) in [6, 6.07) is 8.12. The van der Waals surface area contributed by atoms with Crippen LogP contribution in [0.1, 0.15) is 30.0 Å². The van der Waals surface area contributed by atoms with Gasteiger partial charge in [-0.1, -0.05) is 24.3 Å². The average molecular weight is 301 g/mol. The summed E-state index contributed by atoms with van der Waals surface area (Å²) in [4.78, 5) is 15.0. The molecule has 0 radical (unpaired) electrons. The number of nitrogens with zero attached hydrogens (tertiary/aromatic N) is 1. The summed E-state index contributed by atoms with van der Waals surface area (Å²) in [5.74, 6) is 0.00565. The lowest BCUT2D eigenvalue weighted by Crippen LogP contribution is -2.59. The molecule has 1 aromatic rings. The number of hydrogen-bond acceptors (Lipinski definition) is 4. The highest BCUT2D eigenvalue weighted by atomic mass is 16.3. The Morgan fingerprint density at radius 3 is 3.14 bits per heavy atom. The molecule has 1 amide bonds. The lowest BCUT2D eigenvalue weighted by molar-refractivity contribution is -0.126. The highest BCUT2D eigenvalue weighted by molar-refractivity contribution is 5.83. The maximum absolute atomic E-state index is 12.6. The number of hydrogen-bond donors (Lipinski definition) is 3. The number of benzene rings is 1. The van der Waals surface area contributed by atoms with E-state index in [0.29, 0.717) is 12.5 Å². The molecule has 1 aliphatic carbocycles. The number of fused-ring (bicyclic) bond motifs is 2. The lowest BCUT2D eigenvalue weighted by Gasteiger charge is -2.35. The Morgan fingerprint density at radius 1 is 1.36 bits per heavy atom. The Balaban J connectivity index is 1.44. The molecular formula is C17H23N3O2. The Kier molecular flexibility index (Phi) is 3.64. The minimum atomic E-state index is -0.524. The van der Waals surface area contributed by atoms with E-state index >= 15 is 0 Å². The summed E-state index contributed by atoms with van der Waals surface area (Å²) in [5, 5.41) is 16.7. The molecule has 4 rings (SSSR count). The van der Waals surface area contributed by atoms with Crippen molar-refractivity contribution in [1.82, 2.24) is 15.5 Å². The van der Waals surface area contributed by atoms with Gasteiger partial charge in [0.2, 0.25) is 5.91 Å². The number of nitrogens with one attached hydrogen (secondary N) is 2. The monoisotopic (exact) mass is 301 g/mol. The normalized spacial score (nSPS) is 34.2. The molecule has 22 heavy (non-hydrogen) atoms. The van der Waals surface area contributed by atoms with E-state index in [2.05, 4.69) is 15.5 Å². The Hall–Kier alpha value is -1.43. The van der Waals surface area contributed by atoms with Gasteiger partial charge in [0, 0.05) is 25.6 Å². The molecule has 5 nitrogen and oxygen atoms in total. The SMILES string of the molecule is O=C(N[C@H]1c2ccccc2C[C@@H]1O)[C@@H]1CN2CCC[C@@H]2CN1. The molecule has 2 fully saturated rings. The van der Waals surface area contributed by atoms with Gasteiger partial charge in [0.05, 0.1) is 18.2 Å². The molecule has 0 bridgehead atoms. The fraction of sp³-hybridized carbons (Fsp3) is 0.588. The van der Waals surface area contributed by atoms with Crippen molar-refractivity contribution in [2.24, 2.45) is 0 Å². The average Bonchev–Trinajstić information content (AvgIpc) is 3.11. The van der Waals surface area contributed by atoms with Crippen molar-refractivity contribution in [3.63, 3.8) is 0 Å². The number of piperazine rings is 1. The fourth-order valence-corrected chi connectivity index (χ4v) is 4.12. The minimum Gasteiger partial charge on any atom is -0.390 e. The van der Waals surface area contributed by atoms with E-state index in [9.17, 15) is 9.90 Å². The maximum atomic E-state index is 12.6. The number of aliphatic hydroxyl groups is 1. The van der Waals surface area contributed by atoms with E-state index in [0.717, 1.165) is 30.8 Å². The van der Waals surface area contributed by atoms with Gasteiger partial charge in [-0.25, -0.2) is 0 Å². The van der Waals surface area contributed by atoms with Crippen molar-refractivity contribution in [2.45, 2.75) is 43.5 Å². The van der Waals surface area contributed by atoms with Crippen LogP contribution in [0, 0.1) is 0 Å². The summed E-state index contributed by atoms with van der Waals surface area (Å²) in [5.41, 5.74) is 2.19. The predicted octanol–water partition coefficient (Wildman–Crippen LogP) is 0.197. The van der Waals surface area contributed by atoms with E-state index in [-0.39, 0.29) is 18.0 Å². The van der Waals surface area contributed by atoms with E-state index in [1.54, 1.807) is 0 Å². The van der Waals surface area contributed by atoms with Crippen molar-refractivity contribution in [3.8, 4) is 0 Å². The molecule has 5 heteroatoms. The van der Waals surface area contributed by atoms with E-state index in [4.69, 9.17) is 0 Å². The fourth-order valence-electron chi connectivity index (χ4n) is 4.12. The van der Waals surface area contributed by atoms with Crippen molar-refractivity contribution in [3.05, 3.63) is 35.4 Å². The molecule has 0 spiro atoms. The Bertz CT molecular complexity index is 577. The van der Waals surface area contributed by atoms with Gasteiger partial charge in [-0.2, -0.15) is 0 Å². The van der Waals surface area contributed by atoms with Crippen molar-refractivity contribution in [1.29, 1.82) is 0 Å². The summed E-state index contributed by atoms with van der Waals surface area (Å²) in [7, 11) is 0. The second kappa shape index (κ2) is 5.65. The number of aliphatic hydroxyl groups excluding tert-OH is 1. The molecule has 1 aromatic carbocycles. The lowest BCUT2D eigenvalue weighted by atomic mass is 10.1. The largest absolute Gasteiger partial charge is 0.390 e. The Labute approximate surface area is 130 Å². The number of rotatable bonds is 2. The second-order valence-electron chi connectivity index (χ2n) is 6.71. The van der Waals surface area contributed by atoms with Crippen LogP contribution >= 0.6 is 0 Å². The second-order valence-corrected chi connectivity index (χ2v) is 6.71. The smallest absolute Gasteiger partial charge is 0.239 e. The molecule has 0 saturated carbocycles. The van der Waals surface area contributed by atoms with Crippen LogP contribution in [0.3, 0.4) is 0 Å². The van der Waals surface area contributed by atoms with Gasteiger partial charge in [-0.3, -0.25) is 9.69 Å². The first kappa shape index (κ1) is 14.2. The molecular weight excluding hydrogens is 278 g/mol. The summed E-state index contributed by atoms with van der Waals surface area (Å²) < 4.78 is 0. The molecule has 0 aromatic heterocycles. The van der Waals surface area contributed by atoms with Crippen molar-refractivity contribution < 1.29 is 9.90 Å². The van der Waals surface area contributed by atoms with Gasteiger partial charge in [0.25, 0.3) is 0 Å². The van der Waals surface area contributed by atoms with Crippen LogP contribution in [0.5, 0.6) is 0 Å². The van der Waals surface area contributed by atoms with Crippen LogP contribution in [0.2, 0.25) is 0 Å². The van der Waals surface area contributed by atoms with Crippen LogP contribution in [-0.4, -0.2) is 53.7 Å². The van der Waals surface area contributed by atoms with Crippen LogP contribution in [0.25, 0.3) is 0 Å². The van der Waals surface area contributed by atoms with Crippen LogP contribution in [-0.2, 0) is 11.2 Å². The zero-order valence-corrected chi connectivity index (χ0v) is 12.7. The van der Waals surface area contributed by atoms with Gasteiger partial charge in [-0.05, 0) is 30.5 Å². The van der Waals surface area contributed by atoms with Crippen LogP contribution < -0.4 is 10.6 Å². The topological polar surface area (TPSA) is 64.6 Å². The first-order chi connectivity index (χ1) is 10.7. The molecule has 4 atom stereocenters. The summed E-state index contributed by atoms with van der Waals surface area (Å²) in [6.45, 7) is 2.77. The molecule has 0 unspecified atom stereocenters. The number of carbonyl (C=O) groups excluding carboxylic acids is 1. The quantitative estimate of drug-likeness (QED) is 0.730.